The van der Waals surface area contributed by atoms with Crippen LogP contribution in [0.3, 0.4) is 0 Å². The summed E-state index contributed by atoms with van der Waals surface area (Å²) < 4.78 is 29.0. The van der Waals surface area contributed by atoms with E-state index in [-0.39, 0.29) is 34.2 Å². The topological polar surface area (TPSA) is 133 Å². The van der Waals surface area contributed by atoms with Crippen molar-refractivity contribution < 1.29 is 23.1 Å². The van der Waals surface area contributed by atoms with E-state index < -0.39 is 27.9 Å². The lowest BCUT2D eigenvalue weighted by molar-refractivity contribution is 0.0545. The number of nitrogens with one attached hydrogen (secondary N) is 1. The highest BCUT2D eigenvalue weighted by Crippen LogP contribution is 2.34. The number of carbonyl (C=O) groups excluding carboxylic acids is 2. The van der Waals surface area contributed by atoms with Gasteiger partial charge in [0.2, 0.25) is 5.95 Å². The zero-order valence-electron chi connectivity index (χ0n) is 29.3. The van der Waals surface area contributed by atoms with Gasteiger partial charge in [-0.2, -0.15) is 0 Å². The van der Waals surface area contributed by atoms with E-state index in [4.69, 9.17) is 16.6 Å². The van der Waals surface area contributed by atoms with E-state index in [1.807, 2.05) is 36.4 Å². The molecule has 5 aromatic rings. The number of fused-ring (bicyclic) bond motifs is 2. The van der Waals surface area contributed by atoms with Gasteiger partial charge in [-0.15, -0.1) is 0 Å². The molecular formula is C40H42ClN5O5S. The molecule has 1 aliphatic heterocycles. The van der Waals surface area contributed by atoms with Crippen molar-refractivity contribution >= 4 is 50.2 Å². The van der Waals surface area contributed by atoms with Crippen LogP contribution in [0.4, 0.5) is 5.95 Å². The maximum absolute atomic E-state index is 14.7. The summed E-state index contributed by atoms with van der Waals surface area (Å²) in [5.41, 5.74) is 2.69. The molecule has 6 rings (SSSR count). The second kappa shape index (κ2) is 16.2. The molecule has 1 aliphatic rings. The quantitative estimate of drug-likeness (QED) is 0.132. The molecule has 1 atom stereocenters. The standard InChI is InChI=1S/C40H42ClN5O5S/c1-3-5-19-45(20-6-4-2)40-42-24-36(41)37(43-40)34-18-16-30(38(48)44-52(50,51)33-17-15-27-11-7-8-13-29(27)22-33)23-35(34)39(49)46-25-31-14-10-9-12-28(31)21-32(46)26-47/h7-18,22-24,32,47H,3-6,19-21,25-26H2,1-2H3,(H,44,48)/t32-/m0/s1. The minimum absolute atomic E-state index is 0.0488. The molecule has 0 aliphatic carbocycles. The number of benzene rings is 4. The van der Waals surface area contributed by atoms with Crippen molar-refractivity contribution in [2.24, 2.45) is 0 Å². The van der Waals surface area contributed by atoms with Gasteiger partial charge in [0.05, 0.1) is 34.5 Å². The Balaban J connectivity index is 1.41. The van der Waals surface area contributed by atoms with Crippen LogP contribution in [0.1, 0.15) is 71.4 Å². The van der Waals surface area contributed by atoms with Crippen molar-refractivity contribution in [2.45, 2.75) is 63.4 Å². The van der Waals surface area contributed by atoms with Crippen LogP contribution in [0, 0.1) is 0 Å². The minimum atomic E-state index is -4.27. The number of halogens is 1. The molecule has 0 fully saturated rings. The molecule has 10 nitrogen and oxygen atoms in total. The lowest BCUT2D eigenvalue weighted by Crippen LogP contribution is -2.46. The SMILES string of the molecule is CCCCN(CCCC)c1ncc(Cl)c(-c2ccc(C(=O)NS(=O)(=O)c3ccc4ccccc4c3)cc2C(=O)N2Cc3ccccc3C[C@H]2CO)n1. The molecule has 0 radical (unpaired) electrons. The van der Waals surface area contributed by atoms with Gasteiger partial charge in [0, 0.05) is 36.3 Å². The second-order valence-electron chi connectivity index (χ2n) is 13.0. The third-order valence-corrected chi connectivity index (χ3v) is 11.0. The summed E-state index contributed by atoms with van der Waals surface area (Å²) in [5.74, 6) is -0.889. The molecular weight excluding hydrogens is 698 g/mol. The van der Waals surface area contributed by atoms with Gasteiger partial charge >= 0.3 is 0 Å². The van der Waals surface area contributed by atoms with Gasteiger partial charge in [-0.1, -0.05) is 99.0 Å². The third-order valence-electron chi connectivity index (χ3n) is 9.43. The molecule has 2 N–H and O–H groups in total. The molecule has 0 saturated heterocycles. The summed E-state index contributed by atoms with van der Waals surface area (Å²) in [6.07, 6.45) is 5.84. The lowest BCUT2D eigenvalue weighted by atomic mass is 9.92. The van der Waals surface area contributed by atoms with Crippen LogP contribution >= 0.6 is 11.6 Å². The van der Waals surface area contributed by atoms with Crippen LogP contribution < -0.4 is 9.62 Å². The third kappa shape index (κ3) is 7.96. The van der Waals surface area contributed by atoms with Crippen molar-refractivity contribution in [1.29, 1.82) is 0 Å². The molecule has 0 saturated carbocycles. The average molecular weight is 740 g/mol. The Bertz CT molecular complexity index is 2200. The highest BCUT2D eigenvalue weighted by molar-refractivity contribution is 7.90. The van der Waals surface area contributed by atoms with Crippen molar-refractivity contribution in [3.05, 3.63) is 118 Å². The van der Waals surface area contributed by atoms with E-state index in [1.165, 1.54) is 30.5 Å². The molecule has 52 heavy (non-hydrogen) atoms. The van der Waals surface area contributed by atoms with Crippen LogP contribution in [0.5, 0.6) is 0 Å². The first kappa shape index (κ1) is 36.9. The molecule has 0 spiro atoms. The Morgan fingerprint density at radius 2 is 1.62 bits per heavy atom. The smallest absolute Gasteiger partial charge is 0.265 e. The van der Waals surface area contributed by atoms with E-state index in [0.717, 1.165) is 55.3 Å². The molecule has 1 aromatic heterocycles. The summed E-state index contributed by atoms with van der Waals surface area (Å²) in [4.78, 5) is 41.4. The van der Waals surface area contributed by atoms with Crippen molar-refractivity contribution in [1.82, 2.24) is 19.6 Å². The summed E-state index contributed by atoms with van der Waals surface area (Å²) in [6.45, 7) is 5.69. The summed E-state index contributed by atoms with van der Waals surface area (Å²) in [7, 11) is -4.27. The van der Waals surface area contributed by atoms with Gasteiger partial charge in [0.25, 0.3) is 21.8 Å². The number of nitrogens with zero attached hydrogens (tertiary/aromatic N) is 4. The van der Waals surface area contributed by atoms with E-state index in [9.17, 15) is 23.1 Å². The first-order chi connectivity index (χ1) is 25.1. The lowest BCUT2D eigenvalue weighted by Gasteiger charge is -2.36. The molecule has 2 amide bonds. The van der Waals surface area contributed by atoms with E-state index in [0.29, 0.717) is 29.0 Å². The van der Waals surface area contributed by atoms with Crippen molar-refractivity contribution in [3.63, 3.8) is 0 Å². The Morgan fingerprint density at radius 1 is 0.923 bits per heavy atom. The molecule has 12 heteroatoms. The van der Waals surface area contributed by atoms with Crippen LogP contribution in [-0.4, -0.2) is 65.9 Å². The normalized spacial score (nSPS) is 14.2. The molecule has 270 valence electrons. The van der Waals surface area contributed by atoms with E-state index in [1.54, 1.807) is 29.2 Å². The monoisotopic (exact) mass is 739 g/mol. The molecule has 0 unspecified atom stereocenters. The van der Waals surface area contributed by atoms with Gasteiger partial charge < -0.3 is 14.9 Å². The fourth-order valence-corrected chi connectivity index (χ4v) is 7.70. The van der Waals surface area contributed by atoms with Crippen LogP contribution in [-0.2, 0) is 23.0 Å². The number of amides is 2. The fraction of sp³-hybridized carbons (Fsp3) is 0.300. The number of aliphatic hydroxyl groups is 1. The maximum Gasteiger partial charge on any atom is 0.265 e. The first-order valence-electron chi connectivity index (χ1n) is 17.6. The number of hydrogen-bond donors (Lipinski definition) is 2. The number of hydrogen-bond acceptors (Lipinski definition) is 8. The Morgan fingerprint density at radius 3 is 2.33 bits per heavy atom. The maximum atomic E-state index is 14.7. The highest BCUT2D eigenvalue weighted by Gasteiger charge is 2.32. The van der Waals surface area contributed by atoms with Crippen molar-refractivity contribution in [2.75, 3.05) is 24.6 Å². The number of rotatable bonds is 13. The van der Waals surface area contributed by atoms with Crippen LogP contribution in [0.25, 0.3) is 22.0 Å². The molecule has 2 heterocycles. The van der Waals surface area contributed by atoms with Gasteiger partial charge in [-0.3, -0.25) is 9.59 Å². The fourth-order valence-electron chi connectivity index (χ4n) is 6.50. The number of aliphatic hydroxyl groups excluding tert-OH is 1. The largest absolute Gasteiger partial charge is 0.394 e. The summed E-state index contributed by atoms with van der Waals surface area (Å²) >= 11 is 6.76. The zero-order valence-corrected chi connectivity index (χ0v) is 30.8. The highest BCUT2D eigenvalue weighted by atomic mass is 35.5. The number of anilines is 1. The number of unbranched alkanes of at least 4 members (excludes halogenated alkanes) is 2. The Labute approximate surface area is 309 Å². The van der Waals surface area contributed by atoms with Crippen LogP contribution in [0.15, 0.2) is 96.0 Å². The van der Waals surface area contributed by atoms with Gasteiger partial charge in [-0.05, 0) is 65.4 Å². The van der Waals surface area contributed by atoms with E-state index in [2.05, 4.69) is 28.5 Å². The summed E-state index contributed by atoms with van der Waals surface area (Å²) in [5, 5.41) is 12.2. The first-order valence-corrected chi connectivity index (χ1v) is 19.5. The van der Waals surface area contributed by atoms with Gasteiger partial charge in [0.15, 0.2) is 0 Å². The zero-order chi connectivity index (χ0) is 36.8. The van der Waals surface area contributed by atoms with Crippen LogP contribution in [0.2, 0.25) is 5.02 Å². The predicted molar refractivity (Wildman–Crippen MR) is 204 cm³/mol. The van der Waals surface area contributed by atoms with E-state index >= 15 is 0 Å². The predicted octanol–water partition coefficient (Wildman–Crippen LogP) is 7.03. The van der Waals surface area contributed by atoms with Gasteiger partial charge in [0.1, 0.15) is 0 Å². The van der Waals surface area contributed by atoms with Crippen molar-refractivity contribution in [3.8, 4) is 11.3 Å². The average Bonchev–Trinajstić information content (AvgIpc) is 3.16. The van der Waals surface area contributed by atoms with Gasteiger partial charge in [-0.25, -0.2) is 23.1 Å². The Hall–Kier alpha value is -4.84. The number of sulfonamides is 1. The molecule has 4 aromatic carbocycles. The Kier molecular flexibility index (Phi) is 11.5. The number of carbonyl (C=O) groups is 2. The second-order valence-corrected chi connectivity index (χ2v) is 15.1. The minimum Gasteiger partial charge on any atom is -0.394 e. The summed E-state index contributed by atoms with van der Waals surface area (Å²) in [6, 6.07) is 23.6. The molecule has 0 bridgehead atoms. The number of aromatic nitrogens is 2.